The fourth-order valence-corrected chi connectivity index (χ4v) is 3.80. The molecule has 1 N–H and O–H groups in total. The second-order valence-corrected chi connectivity index (χ2v) is 6.63. The third kappa shape index (κ3) is 3.01. The van der Waals surface area contributed by atoms with Crippen LogP contribution in [0.5, 0.6) is 5.75 Å². The van der Waals surface area contributed by atoms with Gasteiger partial charge in [-0.25, -0.2) is 0 Å². The van der Waals surface area contributed by atoms with Crippen LogP contribution in [0.15, 0.2) is 18.2 Å². The van der Waals surface area contributed by atoms with Gasteiger partial charge >= 0.3 is 0 Å². The maximum absolute atomic E-state index is 5.36. The predicted molar refractivity (Wildman–Crippen MR) is 83.2 cm³/mol. The van der Waals surface area contributed by atoms with Crippen LogP contribution in [0.4, 0.5) is 0 Å². The van der Waals surface area contributed by atoms with Gasteiger partial charge in [-0.15, -0.1) is 0 Å². The number of hydrogen-bond acceptors (Lipinski definition) is 2. The molecule has 0 aromatic heterocycles. The SMILES string of the molecule is COc1ccc2c(c1)CCCC2NC1CCC(C)CC1. The second kappa shape index (κ2) is 6.17. The summed E-state index contributed by atoms with van der Waals surface area (Å²) in [7, 11) is 1.75. The summed E-state index contributed by atoms with van der Waals surface area (Å²) < 4.78 is 5.36. The molecule has 0 radical (unpaired) electrons. The average molecular weight is 273 g/mol. The van der Waals surface area contributed by atoms with Crippen molar-refractivity contribution in [1.29, 1.82) is 0 Å². The van der Waals surface area contributed by atoms with E-state index < -0.39 is 0 Å². The van der Waals surface area contributed by atoms with Gasteiger partial charge in [-0.2, -0.15) is 0 Å². The average Bonchev–Trinajstić information content (AvgIpc) is 2.49. The van der Waals surface area contributed by atoms with E-state index in [1.807, 2.05) is 0 Å². The molecule has 1 atom stereocenters. The van der Waals surface area contributed by atoms with Crippen molar-refractivity contribution in [2.75, 3.05) is 7.11 Å². The molecule has 2 aliphatic carbocycles. The summed E-state index contributed by atoms with van der Waals surface area (Å²) >= 11 is 0. The van der Waals surface area contributed by atoms with Gasteiger partial charge in [-0.1, -0.05) is 13.0 Å². The monoisotopic (exact) mass is 273 g/mol. The van der Waals surface area contributed by atoms with Crippen LogP contribution in [-0.2, 0) is 6.42 Å². The minimum absolute atomic E-state index is 0.558. The normalized spacial score (nSPS) is 29.8. The molecule has 2 aliphatic rings. The number of rotatable bonds is 3. The summed E-state index contributed by atoms with van der Waals surface area (Å²) in [5.41, 5.74) is 2.99. The molecule has 1 fully saturated rings. The van der Waals surface area contributed by atoms with Gasteiger partial charge in [0.05, 0.1) is 7.11 Å². The van der Waals surface area contributed by atoms with E-state index >= 15 is 0 Å². The van der Waals surface area contributed by atoms with Crippen molar-refractivity contribution < 1.29 is 4.74 Å². The summed E-state index contributed by atoms with van der Waals surface area (Å²) in [6.07, 6.45) is 9.25. The van der Waals surface area contributed by atoms with Crippen LogP contribution >= 0.6 is 0 Å². The van der Waals surface area contributed by atoms with Gasteiger partial charge < -0.3 is 10.1 Å². The van der Waals surface area contributed by atoms with Crippen molar-refractivity contribution in [1.82, 2.24) is 5.32 Å². The Balaban J connectivity index is 1.70. The quantitative estimate of drug-likeness (QED) is 0.889. The molecule has 1 aromatic carbocycles. The lowest BCUT2D eigenvalue weighted by Gasteiger charge is -2.34. The van der Waals surface area contributed by atoms with Crippen LogP contribution in [0.3, 0.4) is 0 Å². The number of hydrogen-bond donors (Lipinski definition) is 1. The molecule has 1 aromatic rings. The lowest BCUT2D eigenvalue weighted by Crippen LogP contribution is -2.37. The fraction of sp³-hybridized carbons (Fsp3) is 0.667. The molecule has 1 saturated carbocycles. The zero-order chi connectivity index (χ0) is 13.9. The summed E-state index contributed by atoms with van der Waals surface area (Å²) in [5.74, 6) is 1.92. The van der Waals surface area contributed by atoms with Gasteiger partial charge in [0, 0.05) is 12.1 Å². The van der Waals surface area contributed by atoms with Crippen LogP contribution in [0, 0.1) is 5.92 Å². The van der Waals surface area contributed by atoms with Crippen molar-refractivity contribution in [3.63, 3.8) is 0 Å². The Bertz CT molecular complexity index is 449. The highest BCUT2D eigenvalue weighted by molar-refractivity contribution is 5.39. The molecule has 0 bridgehead atoms. The van der Waals surface area contributed by atoms with E-state index in [-0.39, 0.29) is 0 Å². The summed E-state index contributed by atoms with van der Waals surface area (Å²) in [6.45, 7) is 2.39. The van der Waals surface area contributed by atoms with Gasteiger partial charge in [-0.05, 0) is 74.1 Å². The Morgan fingerprint density at radius 2 is 1.90 bits per heavy atom. The molecular formula is C18H27NO. The van der Waals surface area contributed by atoms with Gasteiger partial charge in [0.1, 0.15) is 5.75 Å². The van der Waals surface area contributed by atoms with Crippen molar-refractivity contribution in [2.45, 2.75) is 64.0 Å². The minimum Gasteiger partial charge on any atom is -0.497 e. The van der Waals surface area contributed by atoms with E-state index in [4.69, 9.17) is 4.74 Å². The van der Waals surface area contributed by atoms with E-state index in [2.05, 4.69) is 30.4 Å². The van der Waals surface area contributed by atoms with E-state index in [0.717, 1.165) is 17.7 Å². The first-order chi connectivity index (χ1) is 9.76. The van der Waals surface area contributed by atoms with Crippen molar-refractivity contribution >= 4 is 0 Å². The molecule has 0 spiro atoms. The molecule has 2 nitrogen and oxygen atoms in total. The molecule has 0 aliphatic heterocycles. The predicted octanol–water partition coefficient (Wildman–Crippen LogP) is 4.24. The van der Waals surface area contributed by atoms with Gasteiger partial charge in [0.15, 0.2) is 0 Å². The fourth-order valence-electron chi connectivity index (χ4n) is 3.80. The van der Waals surface area contributed by atoms with Crippen LogP contribution in [0.25, 0.3) is 0 Å². The largest absolute Gasteiger partial charge is 0.497 e. The first kappa shape index (κ1) is 13.9. The Morgan fingerprint density at radius 1 is 1.10 bits per heavy atom. The van der Waals surface area contributed by atoms with Gasteiger partial charge in [0.25, 0.3) is 0 Å². The zero-order valence-electron chi connectivity index (χ0n) is 12.8. The Morgan fingerprint density at radius 3 is 2.65 bits per heavy atom. The highest BCUT2D eigenvalue weighted by atomic mass is 16.5. The number of benzene rings is 1. The van der Waals surface area contributed by atoms with Crippen molar-refractivity contribution in [3.05, 3.63) is 29.3 Å². The molecule has 20 heavy (non-hydrogen) atoms. The summed E-state index contributed by atoms with van der Waals surface area (Å²) in [4.78, 5) is 0. The highest BCUT2D eigenvalue weighted by Gasteiger charge is 2.25. The molecule has 0 amide bonds. The number of fused-ring (bicyclic) bond motifs is 1. The van der Waals surface area contributed by atoms with Crippen LogP contribution in [0.1, 0.15) is 62.6 Å². The first-order valence-electron chi connectivity index (χ1n) is 8.19. The minimum atomic E-state index is 0.558. The van der Waals surface area contributed by atoms with E-state index in [0.29, 0.717) is 6.04 Å². The maximum atomic E-state index is 5.36. The third-order valence-corrected chi connectivity index (χ3v) is 5.12. The zero-order valence-corrected chi connectivity index (χ0v) is 12.8. The topological polar surface area (TPSA) is 21.3 Å². The lowest BCUT2D eigenvalue weighted by molar-refractivity contribution is 0.277. The number of ether oxygens (including phenoxy) is 1. The maximum Gasteiger partial charge on any atom is 0.119 e. The standard InChI is InChI=1S/C18H27NO/c1-13-6-8-15(9-7-13)19-18-5-3-4-14-12-16(20-2)10-11-17(14)18/h10-13,15,18-19H,3-9H2,1-2H3. The number of nitrogens with one attached hydrogen (secondary N) is 1. The molecular weight excluding hydrogens is 246 g/mol. The van der Waals surface area contributed by atoms with E-state index in [1.54, 1.807) is 7.11 Å². The molecule has 0 heterocycles. The molecule has 110 valence electrons. The van der Waals surface area contributed by atoms with Crippen LogP contribution in [-0.4, -0.2) is 13.2 Å². The smallest absolute Gasteiger partial charge is 0.119 e. The van der Waals surface area contributed by atoms with Gasteiger partial charge in [-0.3, -0.25) is 0 Å². The van der Waals surface area contributed by atoms with E-state index in [9.17, 15) is 0 Å². The van der Waals surface area contributed by atoms with Crippen molar-refractivity contribution in [3.8, 4) is 5.75 Å². The molecule has 2 heteroatoms. The second-order valence-electron chi connectivity index (χ2n) is 6.63. The third-order valence-electron chi connectivity index (χ3n) is 5.12. The van der Waals surface area contributed by atoms with Crippen LogP contribution < -0.4 is 10.1 Å². The lowest BCUT2D eigenvalue weighted by atomic mass is 9.84. The van der Waals surface area contributed by atoms with Crippen LogP contribution in [0.2, 0.25) is 0 Å². The first-order valence-corrected chi connectivity index (χ1v) is 8.19. The Hall–Kier alpha value is -1.02. The Labute approximate surface area is 122 Å². The molecule has 1 unspecified atom stereocenters. The summed E-state index contributed by atoms with van der Waals surface area (Å²) in [5, 5.41) is 3.93. The number of aryl methyl sites for hydroxylation is 1. The van der Waals surface area contributed by atoms with Crippen molar-refractivity contribution in [2.24, 2.45) is 5.92 Å². The molecule has 0 saturated heterocycles. The summed E-state index contributed by atoms with van der Waals surface area (Å²) in [6, 6.07) is 7.90. The Kier molecular flexibility index (Phi) is 4.30. The number of methoxy groups -OCH3 is 1. The van der Waals surface area contributed by atoms with E-state index in [1.165, 1.54) is 56.1 Å². The van der Waals surface area contributed by atoms with Gasteiger partial charge in [0.2, 0.25) is 0 Å². The molecule has 3 rings (SSSR count). The highest BCUT2D eigenvalue weighted by Crippen LogP contribution is 2.34.